The molecule has 0 aliphatic heterocycles. The molecule has 0 N–H and O–H groups in total. The van der Waals surface area contributed by atoms with E-state index in [2.05, 4.69) is 9.97 Å². The Morgan fingerprint density at radius 1 is 1.46 bits per heavy atom. The third-order valence-corrected chi connectivity index (χ3v) is 2.44. The fourth-order valence-electron chi connectivity index (χ4n) is 1.39. The minimum atomic E-state index is -0.543. The molecule has 0 radical (unpaired) electrons. The van der Waals surface area contributed by atoms with Gasteiger partial charge in [-0.3, -0.25) is 9.97 Å². The average Bonchev–Trinajstić information content (AvgIpc) is 2.81. The van der Waals surface area contributed by atoms with Crippen LogP contribution in [0.25, 0.3) is 0 Å². The largest absolute Gasteiger partial charge is 0.258 e. The summed E-state index contributed by atoms with van der Waals surface area (Å²) >= 11 is 0. The number of hydrogen-bond donors (Lipinski definition) is 0. The Balaban J connectivity index is 1.84. The van der Waals surface area contributed by atoms with Gasteiger partial charge in [0.2, 0.25) is 0 Å². The van der Waals surface area contributed by atoms with Crippen molar-refractivity contribution in [2.24, 2.45) is 5.92 Å². The summed E-state index contributed by atoms with van der Waals surface area (Å²) < 4.78 is 12.5. The van der Waals surface area contributed by atoms with E-state index in [4.69, 9.17) is 0 Å². The molecule has 3 heteroatoms. The van der Waals surface area contributed by atoms with Crippen LogP contribution in [0.5, 0.6) is 0 Å². The molecule has 0 amide bonds. The molecule has 2 rings (SSSR count). The quantitative estimate of drug-likeness (QED) is 0.711. The predicted molar refractivity (Wildman–Crippen MR) is 48.1 cm³/mol. The van der Waals surface area contributed by atoms with Gasteiger partial charge in [-0.2, -0.15) is 0 Å². The third-order valence-electron chi connectivity index (χ3n) is 2.44. The van der Waals surface area contributed by atoms with E-state index in [0.717, 1.165) is 30.7 Å². The number of aryl methyl sites for hydroxylation is 2. The Kier molecular flexibility index (Phi) is 2.25. The first-order chi connectivity index (χ1) is 6.25. The van der Waals surface area contributed by atoms with Crippen LogP contribution in [0.15, 0.2) is 12.4 Å². The van der Waals surface area contributed by atoms with Gasteiger partial charge in [0, 0.05) is 12.4 Å². The van der Waals surface area contributed by atoms with Gasteiger partial charge in [-0.1, -0.05) is 0 Å². The van der Waals surface area contributed by atoms with E-state index in [1.807, 2.05) is 6.92 Å². The molecule has 0 aromatic carbocycles. The first kappa shape index (κ1) is 8.60. The van der Waals surface area contributed by atoms with Crippen molar-refractivity contribution in [3.63, 3.8) is 0 Å². The molecule has 0 saturated heterocycles. The summed E-state index contributed by atoms with van der Waals surface area (Å²) in [5.74, 6) is 0.295. The van der Waals surface area contributed by atoms with Crippen LogP contribution in [-0.2, 0) is 6.42 Å². The van der Waals surface area contributed by atoms with Crippen LogP contribution in [0.4, 0.5) is 4.39 Å². The molecule has 70 valence electrons. The van der Waals surface area contributed by atoms with Crippen molar-refractivity contribution in [1.29, 1.82) is 0 Å². The summed E-state index contributed by atoms with van der Waals surface area (Å²) in [7, 11) is 0. The predicted octanol–water partition coefficient (Wildman–Crippen LogP) is 2.08. The first-order valence-corrected chi connectivity index (χ1v) is 4.67. The standard InChI is InChI=1S/C10H13FN2/c1-7-5-13-9(6-12-7)3-2-8-4-10(8)11/h5-6,8,10H,2-4H2,1H3. The maximum Gasteiger partial charge on any atom is 0.103 e. The molecule has 13 heavy (non-hydrogen) atoms. The normalized spacial score (nSPS) is 26.0. The lowest BCUT2D eigenvalue weighted by atomic mass is 10.2. The zero-order valence-electron chi connectivity index (χ0n) is 7.70. The third kappa shape index (κ3) is 2.23. The van der Waals surface area contributed by atoms with Gasteiger partial charge in [0.1, 0.15) is 6.17 Å². The lowest BCUT2D eigenvalue weighted by Crippen LogP contribution is -1.94. The maximum atomic E-state index is 12.5. The number of hydrogen-bond acceptors (Lipinski definition) is 2. The Labute approximate surface area is 77.2 Å². The van der Waals surface area contributed by atoms with Crippen molar-refractivity contribution in [2.45, 2.75) is 32.4 Å². The molecule has 1 aliphatic carbocycles. The van der Waals surface area contributed by atoms with Crippen molar-refractivity contribution in [2.75, 3.05) is 0 Å². The fourth-order valence-corrected chi connectivity index (χ4v) is 1.39. The highest BCUT2D eigenvalue weighted by molar-refractivity contribution is 5.02. The van der Waals surface area contributed by atoms with Crippen LogP contribution in [-0.4, -0.2) is 16.1 Å². The van der Waals surface area contributed by atoms with Crippen LogP contribution in [0.3, 0.4) is 0 Å². The van der Waals surface area contributed by atoms with Crippen LogP contribution >= 0.6 is 0 Å². The average molecular weight is 180 g/mol. The molecule has 1 fully saturated rings. The van der Waals surface area contributed by atoms with E-state index in [1.54, 1.807) is 12.4 Å². The minimum absolute atomic E-state index is 0.295. The summed E-state index contributed by atoms with van der Waals surface area (Å²) in [6.45, 7) is 1.91. The molecule has 1 aromatic heterocycles. The summed E-state index contributed by atoms with van der Waals surface area (Å²) in [6.07, 6.45) is 5.52. The Hall–Kier alpha value is -0.990. The Bertz CT molecular complexity index is 283. The highest BCUT2D eigenvalue weighted by atomic mass is 19.1. The van der Waals surface area contributed by atoms with Crippen molar-refractivity contribution in [3.8, 4) is 0 Å². The minimum Gasteiger partial charge on any atom is -0.258 e. The van der Waals surface area contributed by atoms with E-state index in [0.29, 0.717) is 5.92 Å². The molecular formula is C10H13FN2. The Morgan fingerprint density at radius 2 is 2.23 bits per heavy atom. The molecule has 1 heterocycles. The van der Waals surface area contributed by atoms with Crippen LogP contribution in [0.1, 0.15) is 24.2 Å². The summed E-state index contributed by atoms with van der Waals surface area (Å²) in [5, 5.41) is 0. The zero-order valence-corrected chi connectivity index (χ0v) is 7.70. The van der Waals surface area contributed by atoms with Crippen molar-refractivity contribution in [1.82, 2.24) is 9.97 Å². The topological polar surface area (TPSA) is 25.8 Å². The second-order valence-corrected chi connectivity index (χ2v) is 3.70. The Morgan fingerprint density at radius 3 is 2.77 bits per heavy atom. The summed E-state index contributed by atoms with van der Waals surface area (Å²) in [4.78, 5) is 8.36. The first-order valence-electron chi connectivity index (χ1n) is 4.67. The van der Waals surface area contributed by atoms with Crippen molar-refractivity contribution < 1.29 is 4.39 Å². The number of aromatic nitrogens is 2. The van der Waals surface area contributed by atoms with Gasteiger partial charge in [0.25, 0.3) is 0 Å². The van der Waals surface area contributed by atoms with Crippen LogP contribution < -0.4 is 0 Å². The highest BCUT2D eigenvalue weighted by Gasteiger charge is 2.36. The van der Waals surface area contributed by atoms with E-state index >= 15 is 0 Å². The molecule has 1 aromatic rings. The monoisotopic (exact) mass is 180 g/mol. The SMILES string of the molecule is Cc1cnc(CCC2CC2F)cn1. The van der Waals surface area contributed by atoms with Gasteiger partial charge >= 0.3 is 0 Å². The maximum absolute atomic E-state index is 12.5. The number of rotatable bonds is 3. The molecule has 0 spiro atoms. The van der Waals surface area contributed by atoms with Gasteiger partial charge in [0.15, 0.2) is 0 Å². The molecule has 2 atom stereocenters. The molecule has 1 aliphatic rings. The van der Waals surface area contributed by atoms with E-state index in [-0.39, 0.29) is 0 Å². The van der Waals surface area contributed by atoms with E-state index in [9.17, 15) is 4.39 Å². The van der Waals surface area contributed by atoms with Gasteiger partial charge in [0.05, 0.1) is 11.4 Å². The second-order valence-electron chi connectivity index (χ2n) is 3.70. The van der Waals surface area contributed by atoms with Gasteiger partial charge in [-0.15, -0.1) is 0 Å². The number of alkyl halides is 1. The highest BCUT2D eigenvalue weighted by Crippen LogP contribution is 2.37. The van der Waals surface area contributed by atoms with Crippen molar-refractivity contribution >= 4 is 0 Å². The molecule has 2 nitrogen and oxygen atoms in total. The van der Waals surface area contributed by atoms with E-state index in [1.165, 1.54) is 0 Å². The molecule has 2 unspecified atom stereocenters. The number of nitrogens with zero attached hydrogens (tertiary/aromatic N) is 2. The summed E-state index contributed by atoms with van der Waals surface area (Å²) in [6, 6.07) is 0. The van der Waals surface area contributed by atoms with Gasteiger partial charge in [-0.25, -0.2) is 4.39 Å². The number of halogens is 1. The fraction of sp³-hybridized carbons (Fsp3) is 0.600. The van der Waals surface area contributed by atoms with Gasteiger partial charge < -0.3 is 0 Å². The van der Waals surface area contributed by atoms with Crippen molar-refractivity contribution in [3.05, 3.63) is 23.8 Å². The smallest absolute Gasteiger partial charge is 0.103 e. The van der Waals surface area contributed by atoms with Gasteiger partial charge in [-0.05, 0) is 32.1 Å². The lowest BCUT2D eigenvalue weighted by molar-refractivity contribution is 0.437. The van der Waals surface area contributed by atoms with E-state index < -0.39 is 6.17 Å². The van der Waals surface area contributed by atoms with Crippen LogP contribution in [0.2, 0.25) is 0 Å². The summed E-state index contributed by atoms with van der Waals surface area (Å²) in [5.41, 5.74) is 1.91. The lowest BCUT2D eigenvalue weighted by Gasteiger charge is -1.98. The molecule has 1 saturated carbocycles. The zero-order chi connectivity index (χ0) is 9.26. The second kappa shape index (κ2) is 3.40. The molecular weight excluding hydrogens is 167 g/mol. The molecule has 0 bridgehead atoms. The van der Waals surface area contributed by atoms with Crippen LogP contribution in [0, 0.1) is 12.8 Å².